The molecule has 0 bridgehead atoms. The number of thiophene rings is 1. The molecule has 94 valence electrons. The van der Waals surface area contributed by atoms with Crippen molar-refractivity contribution in [1.82, 2.24) is 0 Å². The molecule has 2 aromatic rings. The molecule has 4 heteroatoms. The predicted molar refractivity (Wildman–Crippen MR) is 76.1 cm³/mol. The number of halogens is 1. The lowest BCUT2D eigenvalue weighted by Gasteiger charge is -2.08. The molecule has 0 fully saturated rings. The number of hydrogen-bond acceptors (Lipinski definition) is 3. The van der Waals surface area contributed by atoms with E-state index in [9.17, 15) is 5.11 Å². The molecule has 0 spiro atoms. The van der Waals surface area contributed by atoms with Crippen molar-refractivity contribution in [2.75, 3.05) is 0 Å². The summed E-state index contributed by atoms with van der Waals surface area (Å²) in [5.74, 6) is 0.882. The zero-order valence-corrected chi connectivity index (χ0v) is 12.1. The van der Waals surface area contributed by atoms with Crippen LogP contribution in [0, 0.1) is 0 Å². The number of fused-ring (bicyclic) bond motifs is 1. The van der Waals surface area contributed by atoms with Crippen molar-refractivity contribution in [3.05, 3.63) is 50.1 Å². The summed E-state index contributed by atoms with van der Waals surface area (Å²) in [6.07, 6.45) is 1.48. The first-order valence-corrected chi connectivity index (χ1v) is 7.51. The highest BCUT2D eigenvalue weighted by atomic mass is 79.9. The Kier molecular flexibility index (Phi) is 3.41. The second-order valence-electron chi connectivity index (χ2n) is 4.41. The summed E-state index contributed by atoms with van der Waals surface area (Å²) in [4.78, 5) is 1.20. The zero-order valence-electron chi connectivity index (χ0n) is 9.73. The average Bonchev–Trinajstić information content (AvgIpc) is 2.94. The van der Waals surface area contributed by atoms with Crippen LogP contribution < -0.4 is 4.74 Å². The number of aryl methyl sites for hydroxylation is 1. The molecule has 1 heterocycles. The molecular formula is C14H13BrO2S. The minimum atomic E-state index is -0.290. The molecule has 3 rings (SSSR count). The first-order chi connectivity index (χ1) is 8.72. The number of benzene rings is 1. The summed E-state index contributed by atoms with van der Waals surface area (Å²) in [6.45, 7) is 0.595. The largest absolute Gasteiger partial charge is 0.488 e. The van der Waals surface area contributed by atoms with E-state index in [4.69, 9.17) is 4.74 Å². The zero-order chi connectivity index (χ0) is 12.5. The molecule has 2 nitrogen and oxygen atoms in total. The average molecular weight is 325 g/mol. The third-order valence-corrected chi connectivity index (χ3v) is 4.77. The van der Waals surface area contributed by atoms with Gasteiger partial charge in [0.25, 0.3) is 0 Å². The lowest BCUT2D eigenvalue weighted by Crippen LogP contribution is -1.95. The number of aliphatic hydroxyl groups is 1. The molecule has 18 heavy (non-hydrogen) atoms. The standard InChI is InChI=1S/C14H13BrO2S/c15-14-6-3-11(18-14)8-17-10-2-4-12-9(7-10)1-5-13(12)16/h2-4,6-7,13,16H,1,5,8H2/t13-/m0/s1. The van der Waals surface area contributed by atoms with Crippen LogP contribution in [0.3, 0.4) is 0 Å². The second kappa shape index (κ2) is 5.03. The minimum Gasteiger partial charge on any atom is -0.488 e. The van der Waals surface area contributed by atoms with Gasteiger partial charge in [-0.2, -0.15) is 0 Å². The second-order valence-corrected chi connectivity index (χ2v) is 6.96. The van der Waals surface area contributed by atoms with Crippen LogP contribution in [-0.2, 0) is 13.0 Å². The van der Waals surface area contributed by atoms with E-state index in [1.807, 2.05) is 24.3 Å². The van der Waals surface area contributed by atoms with Crippen molar-refractivity contribution in [3.63, 3.8) is 0 Å². The highest BCUT2D eigenvalue weighted by molar-refractivity contribution is 9.11. The molecule has 0 saturated carbocycles. The van der Waals surface area contributed by atoms with Gasteiger partial charge in [-0.05, 0) is 64.2 Å². The fourth-order valence-corrected chi connectivity index (χ4v) is 3.64. The van der Waals surface area contributed by atoms with Crippen molar-refractivity contribution < 1.29 is 9.84 Å². The molecule has 0 aliphatic heterocycles. The molecule has 1 aromatic carbocycles. The Bertz CT molecular complexity index is 565. The van der Waals surface area contributed by atoms with E-state index in [0.29, 0.717) is 6.61 Å². The van der Waals surface area contributed by atoms with Crippen LogP contribution in [0.15, 0.2) is 34.1 Å². The monoisotopic (exact) mass is 324 g/mol. The smallest absolute Gasteiger partial charge is 0.122 e. The maximum absolute atomic E-state index is 9.74. The van der Waals surface area contributed by atoms with Crippen molar-refractivity contribution >= 4 is 27.3 Å². The van der Waals surface area contributed by atoms with Gasteiger partial charge in [0.2, 0.25) is 0 Å². The fraction of sp³-hybridized carbons (Fsp3) is 0.286. The van der Waals surface area contributed by atoms with Crippen LogP contribution in [0.5, 0.6) is 5.75 Å². The Balaban J connectivity index is 1.70. The van der Waals surface area contributed by atoms with Gasteiger partial charge >= 0.3 is 0 Å². The Labute approximate surface area is 118 Å². The van der Waals surface area contributed by atoms with Gasteiger partial charge in [0, 0.05) is 4.88 Å². The molecule has 1 aromatic heterocycles. The summed E-state index contributed by atoms with van der Waals surface area (Å²) < 4.78 is 6.90. The Morgan fingerprint density at radius 1 is 1.33 bits per heavy atom. The summed E-state index contributed by atoms with van der Waals surface area (Å²) in [5, 5.41) is 9.74. The SMILES string of the molecule is O[C@H]1CCc2cc(OCc3ccc(Br)s3)ccc21. The van der Waals surface area contributed by atoms with Crippen LogP contribution in [0.25, 0.3) is 0 Å². The molecule has 1 atom stereocenters. The molecule has 1 aliphatic carbocycles. The van der Waals surface area contributed by atoms with E-state index in [1.165, 1.54) is 10.4 Å². The molecular weight excluding hydrogens is 312 g/mol. The van der Waals surface area contributed by atoms with Crippen molar-refractivity contribution in [2.45, 2.75) is 25.6 Å². The molecule has 0 saturated heterocycles. The van der Waals surface area contributed by atoms with Crippen LogP contribution in [-0.4, -0.2) is 5.11 Å². The summed E-state index contributed by atoms with van der Waals surface area (Å²) in [5.41, 5.74) is 2.27. The fourth-order valence-electron chi connectivity index (χ4n) is 2.24. The van der Waals surface area contributed by atoms with Gasteiger partial charge in [0.1, 0.15) is 12.4 Å². The maximum atomic E-state index is 9.74. The lowest BCUT2D eigenvalue weighted by atomic mass is 10.1. The van der Waals surface area contributed by atoms with E-state index in [2.05, 4.69) is 22.0 Å². The van der Waals surface area contributed by atoms with Gasteiger partial charge in [0.15, 0.2) is 0 Å². The third kappa shape index (κ3) is 2.46. The van der Waals surface area contributed by atoms with Crippen LogP contribution >= 0.6 is 27.3 Å². The van der Waals surface area contributed by atoms with E-state index >= 15 is 0 Å². The van der Waals surface area contributed by atoms with E-state index < -0.39 is 0 Å². The van der Waals surface area contributed by atoms with Crippen LogP contribution in [0.4, 0.5) is 0 Å². The van der Waals surface area contributed by atoms with Crippen molar-refractivity contribution in [1.29, 1.82) is 0 Å². The molecule has 1 N–H and O–H groups in total. The molecule has 0 radical (unpaired) electrons. The number of aliphatic hydroxyl groups excluding tert-OH is 1. The topological polar surface area (TPSA) is 29.5 Å². The minimum absolute atomic E-state index is 0.290. The Hall–Kier alpha value is -0.840. The van der Waals surface area contributed by atoms with Gasteiger partial charge in [0.05, 0.1) is 9.89 Å². The first kappa shape index (κ1) is 12.2. The molecule has 0 unspecified atom stereocenters. The number of hydrogen-bond donors (Lipinski definition) is 1. The predicted octanol–water partition coefficient (Wildman–Crippen LogP) is 4.07. The summed E-state index contributed by atoms with van der Waals surface area (Å²) >= 11 is 5.13. The highest BCUT2D eigenvalue weighted by Gasteiger charge is 2.20. The van der Waals surface area contributed by atoms with E-state index in [-0.39, 0.29) is 6.10 Å². The number of ether oxygens (including phenoxy) is 1. The van der Waals surface area contributed by atoms with Gasteiger partial charge in [-0.15, -0.1) is 11.3 Å². The van der Waals surface area contributed by atoms with E-state index in [0.717, 1.165) is 27.9 Å². The van der Waals surface area contributed by atoms with Gasteiger partial charge in [-0.1, -0.05) is 6.07 Å². The Morgan fingerprint density at radius 3 is 3.00 bits per heavy atom. The summed E-state index contributed by atoms with van der Waals surface area (Å²) in [6, 6.07) is 10.1. The molecule has 1 aliphatic rings. The summed E-state index contributed by atoms with van der Waals surface area (Å²) in [7, 11) is 0. The van der Waals surface area contributed by atoms with Crippen LogP contribution in [0.2, 0.25) is 0 Å². The molecule has 0 amide bonds. The van der Waals surface area contributed by atoms with E-state index in [1.54, 1.807) is 11.3 Å². The van der Waals surface area contributed by atoms with Crippen LogP contribution in [0.1, 0.15) is 28.5 Å². The van der Waals surface area contributed by atoms with Gasteiger partial charge in [-0.25, -0.2) is 0 Å². The van der Waals surface area contributed by atoms with Gasteiger partial charge in [-0.3, -0.25) is 0 Å². The third-order valence-electron chi connectivity index (χ3n) is 3.17. The Morgan fingerprint density at radius 2 is 2.22 bits per heavy atom. The quantitative estimate of drug-likeness (QED) is 0.922. The highest BCUT2D eigenvalue weighted by Crippen LogP contribution is 2.33. The normalized spacial score (nSPS) is 17.8. The number of rotatable bonds is 3. The van der Waals surface area contributed by atoms with Crippen molar-refractivity contribution in [3.8, 4) is 5.75 Å². The van der Waals surface area contributed by atoms with Crippen molar-refractivity contribution in [2.24, 2.45) is 0 Å². The first-order valence-electron chi connectivity index (χ1n) is 5.90. The maximum Gasteiger partial charge on any atom is 0.122 e. The lowest BCUT2D eigenvalue weighted by molar-refractivity contribution is 0.180. The van der Waals surface area contributed by atoms with Gasteiger partial charge < -0.3 is 9.84 Å².